The molecule has 0 heterocycles. The SMILES string of the molecule is Cc1cccc(/C=C(\CO)C(C)(C)C)c1. The Labute approximate surface area is 92.5 Å². The molecule has 0 fully saturated rings. The van der Waals surface area contributed by atoms with Crippen molar-refractivity contribution in [1.29, 1.82) is 0 Å². The molecule has 1 aromatic carbocycles. The molecule has 1 rings (SSSR count). The number of hydrogen-bond acceptors (Lipinski definition) is 1. The molecule has 1 N–H and O–H groups in total. The fraction of sp³-hybridized carbons (Fsp3) is 0.429. The molecule has 0 saturated heterocycles. The second-order valence-electron chi connectivity index (χ2n) is 4.99. The first kappa shape index (κ1) is 12.0. The number of aliphatic hydroxyl groups excluding tert-OH is 1. The number of rotatable bonds is 2. The van der Waals surface area contributed by atoms with E-state index >= 15 is 0 Å². The Kier molecular flexibility index (Phi) is 3.70. The van der Waals surface area contributed by atoms with Crippen LogP contribution in [0.4, 0.5) is 0 Å². The largest absolute Gasteiger partial charge is 0.392 e. The summed E-state index contributed by atoms with van der Waals surface area (Å²) in [5.41, 5.74) is 3.50. The van der Waals surface area contributed by atoms with E-state index < -0.39 is 0 Å². The zero-order valence-corrected chi connectivity index (χ0v) is 10.0. The quantitative estimate of drug-likeness (QED) is 0.782. The van der Waals surface area contributed by atoms with E-state index in [2.05, 4.69) is 52.0 Å². The van der Waals surface area contributed by atoms with Gasteiger partial charge in [0.25, 0.3) is 0 Å². The zero-order valence-electron chi connectivity index (χ0n) is 10.0. The van der Waals surface area contributed by atoms with E-state index in [1.807, 2.05) is 6.07 Å². The molecule has 0 aliphatic rings. The lowest BCUT2D eigenvalue weighted by atomic mass is 9.85. The Hall–Kier alpha value is -1.08. The van der Waals surface area contributed by atoms with Crippen LogP contribution < -0.4 is 0 Å². The lowest BCUT2D eigenvalue weighted by Crippen LogP contribution is -2.12. The molecule has 0 spiro atoms. The summed E-state index contributed by atoms with van der Waals surface area (Å²) in [7, 11) is 0. The molecule has 0 unspecified atom stereocenters. The fourth-order valence-electron chi connectivity index (χ4n) is 1.46. The Morgan fingerprint density at radius 1 is 1.33 bits per heavy atom. The highest BCUT2D eigenvalue weighted by molar-refractivity contribution is 5.55. The van der Waals surface area contributed by atoms with Crippen LogP contribution in [0.1, 0.15) is 31.9 Å². The summed E-state index contributed by atoms with van der Waals surface area (Å²) in [4.78, 5) is 0. The van der Waals surface area contributed by atoms with Crippen molar-refractivity contribution in [2.45, 2.75) is 27.7 Å². The summed E-state index contributed by atoms with van der Waals surface area (Å²) >= 11 is 0. The van der Waals surface area contributed by atoms with E-state index in [0.29, 0.717) is 0 Å². The van der Waals surface area contributed by atoms with Gasteiger partial charge >= 0.3 is 0 Å². The van der Waals surface area contributed by atoms with Crippen molar-refractivity contribution in [3.8, 4) is 0 Å². The van der Waals surface area contributed by atoms with Crippen molar-refractivity contribution in [1.82, 2.24) is 0 Å². The molecule has 1 nitrogen and oxygen atoms in total. The monoisotopic (exact) mass is 204 g/mol. The lowest BCUT2D eigenvalue weighted by molar-refractivity contribution is 0.298. The summed E-state index contributed by atoms with van der Waals surface area (Å²) in [5.74, 6) is 0. The minimum absolute atomic E-state index is 0.0263. The van der Waals surface area contributed by atoms with E-state index in [1.165, 1.54) is 5.56 Å². The molecule has 15 heavy (non-hydrogen) atoms. The maximum atomic E-state index is 9.32. The van der Waals surface area contributed by atoms with Crippen molar-refractivity contribution in [3.63, 3.8) is 0 Å². The standard InChI is InChI=1S/C14H20O/c1-11-6-5-7-12(8-11)9-13(10-15)14(2,3)4/h5-9,15H,10H2,1-4H3/b13-9+. The minimum Gasteiger partial charge on any atom is -0.392 e. The predicted octanol–water partition coefficient (Wildman–Crippen LogP) is 3.42. The third-order valence-electron chi connectivity index (χ3n) is 2.52. The van der Waals surface area contributed by atoms with Gasteiger partial charge in [0.2, 0.25) is 0 Å². The van der Waals surface area contributed by atoms with Crippen molar-refractivity contribution in [3.05, 3.63) is 41.0 Å². The van der Waals surface area contributed by atoms with Gasteiger partial charge < -0.3 is 5.11 Å². The number of aryl methyl sites for hydroxylation is 1. The summed E-state index contributed by atoms with van der Waals surface area (Å²) in [6.07, 6.45) is 2.08. The zero-order chi connectivity index (χ0) is 11.5. The molecule has 0 aliphatic carbocycles. The Bertz CT molecular complexity index is 356. The third kappa shape index (κ3) is 3.52. The molecular formula is C14H20O. The van der Waals surface area contributed by atoms with Crippen LogP contribution in [-0.4, -0.2) is 11.7 Å². The van der Waals surface area contributed by atoms with Gasteiger partial charge in [0.05, 0.1) is 6.61 Å². The molecule has 0 aromatic heterocycles. The van der Waals surface area contributed by atoms with Gasteiger partial charge in [-0.2, -0.15) is 0 Å². The van der Waals surface area contributed by atoms with Crippen molar-refractivity contribution >= 4 is 6.08 Å². The molecule has 82 valence electrons. The van der Waals surface area contributed by atoms with Crippen LogP contribution in [0.3, 0.4) is 0 Å². The van der Waals surface area contributed by atoms with Crippen LogP contribution in [0, 0.1) is 12.3 Å². The Morgan fingerprint density at radius 3 is 2.47 bits per heavy atom. The molecule has 0 atom stereocenters. The van der Waals surface area contributed by atoms with E-state index in [1.54, 1.807) is 0 Å². The first-order valence-corrected chi connectivity index (χ1v) is 5.32. The van der Waals surface area contributed by atoms with Gasteiger partial charge in [0.15, 0.2) is 0 Å². The molecule has 0 aliphatic heterocycles. The molecule has 1 aromatic rings. The van der Waals surface area contributed by atoms with Crippen LogP contribution >= 0.6 is 0 Å². The molecule has 0 saturated carbocycles. The summed E-state index contributed by atoms with van der Waals surface area (Å²) < 4.78 is 0. The molecule has 0 bridgehead atoms. The van der Waals surface area contributed by atoms with Crippen LogP contribution in [-0.2, 0) is 0 Å². The van der Waals surface area contributed by atoms with E-state index in [0.717, 1.165) is 11.1 Å². The normalized spacial score (nSPS) is 13.0. The van der Waals surface area contributed by atoms with Gasteiger partial charge in [-0.15, -0.1) is 0 Å². The lowest BCUT2D eigenvalue weighted by Gasteiger charge is -2.21. The summed E-state index contributed by atoms with van der Waals surface area (Å²) in [5, 5.41) is 9.32. The topological polar surface area (TPSA) is 20.2 Å². The minimum atomic E-state index is 0.0263. The first-order valence-electron chi connectivity index (χ1n) is 5.32. The third-order valence-corrected chi connectivity index (χ3v) is 2.52. The average Bonchev–Trinajstić information content (AvgIpc) is 2.12. The van der Waals surface area contributed by atoms with Gasteiger partial charge in [-0.25, -0.2) is 0 Å². The highest BCUT2D eigenvalue weighted by Crippen LogP contribution is 2.26. The summed E-state index contributed by atoms with van der Waals surface area (Å²) in [6.45, 7) is 8.55. The van der Waals surface area contributed by atoms with Crippen LogP contribution in [0.15, 0.2) is 29.8 Å². The second-order valence-corrected chi connectivity index (χ2v) is 4.99. The van der Waals surface area contributed by atoms with E-state index in [-0.39, 0.29) is 12.0 Å². The van der Waals surface area contributed by atoms with Gasteiger partial charge in [0.1, 0.15) is 0 Å². The van der Waals surface area contributed by atoms with Crippen molar-refractivity contribution in [2.75, 3.05) is 6.61 Å². The molecule has 1 heteroatoms. The maximum Gasteiger partial charge on any atom is 0.0650 e. The smallest absolute Gasteiger partial charge is 0.0650 e. The average molecular weight is 204 g/mol. The molecule has 0 radical (unpaired) electrons. The maximum absolute atomic E-state index is 9.32. The van der Waals surface area contributed by atoms with Gasteiger partial charge in [-0.1, -0.05) is 56.7 Å². The highest BCUT2D eigenvalue weighted by Gasteiger charge is 2.15. The number of benzene rings is 1. The predicted molar refractivity (Wildman–Crippen MR) is 65.7 cm³/mol. The molecular weight excluding hydrogens is 184 g/mol. The van der Waals surface area contributed by atoms with Gasteiger partial charge in [0, 0.05) is 0 Å². The molecule has 0 amide bonds. The second kappa shape index (κ2) is 4.63. The number of hydrogen-bond donors (Lipinski definition) is 1. The van der Waals surface area contributed by atoms with Crippen molar-refractivity contribution < 1.29 is 5.11 Å². The summed E-state index contributed by atoms with van der Waals surface area (Å²) in [6, 6.07) is 8.31. The fourth-order valence-corrected chi connectivity index (χ4v) is 1.46. The van der Waals surface area contributed by atoms with E-state index in [9.17, 15) is 5.11 Å². The highest BCUT2D eigenvalue weighted by atomic mass is 16.3. The van der Waals surface area contributed by atoms with Gasteiger partial charge in [-0.05, 0) is 23.5 Å². The van der Waals surface area contributed by atoms with E-state index in [4.69, 9.17) is 0 Å². The number of aliphatic hydroxyl groups is 1. The van der Waals surface area contributed by atoms with Crippen LogP contribution in [0.5, 0.6) is 0 Å². The van der Waals surface area contributed by atoms with Gasteiger partial charge in [-0.3, -0.25) is 0 Å². The first-order chi connectivity index (χ1) is 6.93. The Balaban J connectivity index is 3.04. The van der Waals surface area contributed by atoms with Crippen LogP contribution in [0.25, 0.3) is 6.08 Å². The van der Waals surface area contributed by atoms with Crippen molar-refractivity contribution in [2.24, 2.45) is 5.41 Å². The Morgan fingerprint density at radius 2 is 2.00 bits per heavy atom. The van der Waals surface area contributed by atoms with Crippen LogP contribution in [0.2, 0.25) is 0 Å².